The monoisotopic (exact) mass is 125 g/mol. The van der Waals surface area contributed by atoms with Crippen molar-refractivity contribution < 1.29 is 0 Å². The molecule has 0 saturated heterocycles. The summed E-state index contributed by atoms with van der Waals surface area (Å²) in [5, 5.41) is 0. The van der Waals surface area contributed by atoms with Crippen LogP contribution in [0.2, 0.25) is 0 Å². The van der Waals surface area contributed by atoms with Crippen LogP contribution < -0.4 is 0 Å². The van der Waals surface area contributed by atoms with Gasteiger partial charge in [0.15, 0.2) is 0 Å². The van der Waals surface area contributed by atoms with Gasteiger partial charge >= 0.3 is 0 Å². The van der Waals surface area contributed by atoms with Crippen LogP contribution in [-0.2, 0) is 0 Å². The Bertz CT molecular complexity index is 86.0. The fourth-order valence-electron chi connectivity index (χ4n) is 1.62. The maximum absolute atomic E-state index is 2.47. The molecule has 53 valence electrons. The van der Waals surface area contributed by atoms with Gasteiger partial charge in [-0.05, 0) is 37.0 Å². The zero-order chi connectivity index (χ0) is 6.85. The average Bonchev–Trinajstić information content (AvgIpc) is 1.80. The van der Waals surface area contributed by atoms with Crippen molar-refractivity contribution in [2.24, 2.45) is 17.8 Å². The molecule has 0 aromatic rings. The van der Waals surface area contributed by atoms with Gasteiger partial charge in [-0.15, -0.1) is 0 Å². The highest BCUT2D eigenvalue weighted by Crippen LogP contribution is 2.31. The Labute approximate surface area is 58.7 Å². The van der Waals surface area contributed by atoms with E-state index < -0.39 is 0 Å². The third-order valence-corrected chi connectivity index (χ3v) is 2.58. The highest BCUT2D eigenvalue weighted by atomic mass is 14.3. The Morgan fingerprint density at radius 3 is 2.33 bits per heavy atom. The van der Waals surface area contributed by atoms with E-state index in [1.165, 1.54) is 12.8 Å². The molecule has 0 heteroatoms. The molecule has 0 N–H and O–H groups in total. The van der Waals surface area contributed by atoms with Crippen molar-refractivity contribution in [2.75, 3.05) is 0 Å². The molecule has 1 aliphatic rings. The molecule has 0 amide bonds. The van der Waals surface area contributed by atoms with Crippen LogP contribution in [0.4, 0.5) is 0 Å². The second-order valence-corrected chi connectivity index (χ2v) is 3.65. The molecular formula is C9H17. The highest BCUT2D eigenvalue weighted by Gasteiger charge is 2.21. The molecule has 9 heavy (non-hydrogen) atoms. The smallest absolute Gasteiger partial charge is 0.0352 e. The molecular weight excluding hydrogens is 108 g/mol. The SMILES string of the molecule is CC1C[CH]C(C)C(C)C1. The van der Waals surface area contributed by atoms with E-state index in [9.17, 15) is 0 Å². The Kier molecular flexibility index (Phi) is 2.15. The lowest BCUT2D eigenvalue weighted by atomic mass is 9.77. The van der Waals surface area contributed by atoms with Gasteiger partial charge < -0.3 is 0 Å². The zero-order valence-electron chi connectivity index (χ0n) is 6.72. The maximum atomic E-state index is 2.47. The van der Waals surface area contributed by atoms with Crippen molar-refractivity contribution in [1.29, 1.82) is 0 Å². The van der Waals surface area contributed by atoms with E-state index in [0.29, 0.717) is 0 Å². The van der Waals surface area contributed by atoms with Gasteiger partial charge in [-0.2, -0.15) is 0 Å². The maximum Gasteiger partial charge on any atom is -0.0352 e. The normalized spacial score (nSPS) is 45.0. The molecule has 1 aliphatic carbocycles. The van der Waals surface area contributed by atoms with Gasteiger partial charge in [0.2, 0.25) is 0 Å². The molecule has 1 radical (unpaired) electrons. The van der Waals surface area contributed by atoms with Gasteiger partial charge in [-0.25, -0.2) is 0 Å². The Hall–Kier alpha value is 0. The number of hydrogen-bond donors (Lipinski definition) is 0. The van der Waals surface area contributed by atoms with Crippen LogP contribution in [0, 0.1) is 24.2 Å². The van der Waals surface area contributed by atoms with Gasteiger partial charge in [-0.1, -0.05) is 20.8 Å². The topological polar surface area (TPSA) is 0 Å². The van der Waals surface area contributed by atoms with Gasteiger partial charge in [-0.3, -0.25) is 0 Å². The zero-order valence-corrected chi connectivity index (χ0v) is 6.72. The fourth-order valence-corrected chi connectivity index (χ4v) is 1.62. The molecule has 1 fully saturated rings. The summed E-state index contributed by atoms with van der Waals surface area (Å²) in [6, 6.07) is 0. The van der Waals surface area contributed by atoms with E-state index in [4.69, 9.17) is 0 Å². The van der Waals surface area contributed by atoms with Gasteiger partial charge in [0.25, 0.3) is 0 Å². The van der Waals surface area contributed by atoms with Gasteiger partial charge in [0.1, 0.15) is 0 Å². The van der Waals surface area contributed by atoms with Crippen LogP contribution in [0.1, 0.15) is 33.6 Å². The van der Waals surface area contributed by atoms with Crippen LogP contribution >= 0.6 is 0 Å². The molecule has 0 aromatic heterocycles. The van der Waals surface area contributed by atoms with E-state index in [1.54, 1.807) is 0 Å². The lowest BCUT2D eigenvalue weighted by molar-refractivity contribution is 0.280. The van der Waals surface area contributed by atoms with E-state index in [0.717, 1.165) is 17.8 Å². The molecule has 0 bridgehead atoms. The minimum Gasteiger partial charge on any atom is -0.0625 e. The summed E-state index contributed by atoms with van der Waals surface area (Å²) in [4.78, 5) is 0. The van der Waals surface area contributed by atoms with E-state index in [1.807, 2.05) is 0 Å². The molecule has 0 nitrogen and oxygen atoms in total. The van der Waals surface area contributed by atoms with Crippen molar-refractivity contribution in [3.05, 3.63) is 6.42 Å². The first kappa shape index (κ1) is 7.11. The summed E-state index contributed by atoms with van der Waals surface area (Å²) in [7, 11) is 0. The highest BCUT2D eigenvalue weighted by molar-refractivity contribution is 4.85. The van der Waals surface area contributed by atoms with Crippen molar-refractivity contribution >= 4 is 0 Å². The predicted molar refractivity (Wildman–Crippen MR) is 41.0 cm³/mol. The van der Waals surface area contributed by atoms with Crippen molar-refractivity contribution in [2.45, 2.75) is 33.6 Å². The third-order valence-electron chi connectivity index (χ3n) is 2.58. The molecule has 0 spiro atoms. The van der Waals surface area contributed by atoms with Crippen LogP contribution in [0.25, 0.3) is 0 Å². The van der Waals surface area contributed by atoms with Crippen LogP contribution in [-0.4, -0.2) is 0 Å². The van der Waals surface area contributed by atoms with E-state index in [-0.39, 0.29) is 0 Å². The fraction of sp³-hybridized carbons (Fsp3) is 0.889. The molecule has 1 rings (SSSR count). The summed E-state index contributed by atoms with van der Waals surface area (Å²) < 4.78 is 0. The summed E-state index contributed by atoms with van der Waals surface area (Å²) in [5.74, 6) is 2.73. The second-order valence-electron chi connectivity index (χ2n) is 3.65. The summed E-state index contributed by atoms with van der Waals surface area (Å²) >= 11 is 0. The molecule has 3 atom stereocenters. The lowest BCUT2D eigenvalue weighted by Gasteiger charge is -2.29. The minimum atomic E-state index is 0.862. The molecule has 3 unspecified atom stereocenters. The Morgan fingerprint density at radius 1 is 1.22 bits per heavy atom. The van der Waals surface area contributed by atoms with Crippen molar-refractivity contribution in [3.8, 4) is 0 Å². The Morgan fingerprint density at radius 2 is 1.89 bits per heavy atom. The summed E-state index contributed by atoms with van der Waals surface area (Å²) in [6.07, 6.45) is 5.24. The van der Waals surface area contributed by atoms with Crippen LogP contribution in [0.15, 0.2) is 0 Å². The van der Waals surface area contributed by atoms with E-state index in [2.05, 4.69) is 27.2 Å². The summed E-state index contributed by atoms with van der Waals surface area (Å²) in [5.41, 5.74) is 0. The van der Waals surface area contributed by atoms with Gasteiger partial charge in [0.05, 0.1) is 0 Å². The number of hydrogen-bond acceptors (Lipinski definition) is 0. The molecule has 1 saturated carbocycles. The molecule has 0 aliphatic heterocycles. The lowest BCUT2D eigenvalue weighted by Crippen LogP contribution is -2.19. The largest absolute Gasteiger partial charge is 0.0625 e. The first-order valence-electron chi connectivity index (χ1n) is 4.03. The predicted octanol–water partition coefficient (Wildman–Crippen LogP) is 2.89. The average molecular weight is 125 g/mol. The third kappa shape index (κ3) is 1.70. The first-order valence-corrected chi connectivity index (χ1v) is 4.03. The van der Waals surface area contributed by atoms with Crippen LogP contribution in [0.5, 0.6) is 0 Å². The number of rotatable bonds is 0. The Balaban J connectivity index is 2.35. The summed E-state index contributed by atoms with van der Waals surface area (Å²) in [6.45, 7) is 7.03. The first-order chi connectivity index (χ1) is 4.20. The van der Waals surface area contributed by atoms with Gasteiger partial charge in [0, 0.05) is 0 Å². The van der Waals surface area contributed by atoms with Crippen LogP contribution in [0.3, 0.4) is 0 Å². The molecule has 0 aromatic carbocycles. The quantitative estimate of drug-likeness (QED) is 0.467. The van der Waals surface area contributed by atoms with Crippen molar-refractivity contribution in [1.82, 2.24) is 0 Å². The standard InChI is InChI=1S/C9H17/c1-7-4-5-8(2)9(3)6-7/h5,7-9H,4,6H2,1-3H3. The minimum absolute atomic E-state index is 0.862. The van der Waals surface area contributed by atoms with Crippen molar-refractivity contribution in [3.63, 3.8) is 0 Å². The second kappa shape index (κ2) is 2.72. The van der Waals surface area contributed by atoms with E-state index >= 15 is 0 Å². The molecule has 0 heterocycles.